The van der Waals surface area contributed by atoms with Crippen LogP contribution in [-0.2, 0) is 14.3 Å². The fraction of sp³-hybridized carbons (Fsp3) is 0.214. The summed E-state index contributed by atoms with van der Waals surface area (Å²) in [7, 11) is 2.79. The molecule has 10 heteroatoms. The molecular formula is C28H25ClN2O7. The van der Waals surface area contributed by atoms with E-state index in [4.69, 9.17) is 25.8 Å². The minimum atomic E-state index is -1.06. The monoisotopic (exact) mass is 536 g/mol. The number of aliphatic hydroxyl groups is 1. The Kier molecular flexibility index (Phi) is 7.68. The Morgan fingerprint density at radius 3 is 2.42 bits per heavy atom. The molecule has 196 valence electrons. The smallest absolute Gasteiger partial charge is 0.338 e. The van der Waals surface area contributed by atoms with Crippen LogP contribution in [0.1, 0.15) is 41.4 Å². The molecule has 38 heavy (non-hydrogen) atoms. The summed E-state index contributed by atoms with van der Waals surface area (Å²) in [6, 6.07) is 11.3. The third kappa shape index (κ3) is 4.92. The van der Waals surface area contributed by atoms with E-state index in [2.05, 4.69) is 4.98 Å². The molecule has 4 rings (SSSR count). The highest BCUT2D eigenvalue weighted by molar-refractivity contribution is 6.51. The molecule has 9 nitrogen and oxygen atoms in total. The highest BCUT2D eigenvalue weighted by Crippen LogP contribution is 2.44. The lowest BCUT2D eigenvalue weighted by molar-refractivity contribution is -0.132. The quantitative estimate of drug-likeness (QED) is 0.195. The number of aliphatic hydroxyl groups excluding tert-OH is 1. The topological polar surface area (TPSA) is 115 Å². The third-order valence-corrected chi connectivity index (χ3v) is 6.17. The van der Waals surface area contributed by atoms with Gasteiger partial charge in [0.2, 0.25) is 0 Å². The van der Waals surface area contributed by atoms with Crippen molar-refractivity contribution >= 4 is 40.7 Å². The molecule has 1 fully saturated rings. The minimum absolute atomic E-state index is 0.106. The van der Waals surface area contributed by atoms with Crippen LogP contribution in [0.25, 0.3) is 5.76 Å². The molecule has 2 aromatic carbocycles. The van der Waals surface area contributed by atoms with E-state index >= 15 is 0 Å². The molecule has 1 N–H and O–H groups in total. The van der Waals surface area contributed by atoms with Crippen LogP contribution in [0.5, 0.6) is 11.5 Å². The standard InChI is InChI=1S/C28H25ClN2O7/c1-15(2)38-28(35)16-7-5-9-18(11-16)31-24(17-8-6-10-30-14-17)23(26(33)27(31)34)25(32)19-12-22(37-4)20(29)13-21(19)36-3/h5-15,24,32H,1-4H3/b25-23+. The van der Waals surface area contributed by atoms with Gasteiger partial charge in [0.15, 0.2) is 0 Å². The summed E-state index contributed by atoms with van der Waals surface area (Å²) in [4.78, 5) is 44.8. The van der Waals surface area contributed by atoms with E-state index < -0.39 is 29.5 Å². The molecule has 3 aromatic rings. The van der Waals surface area contributed by atoms with Crippen molar-refractivity contribution in [3.05, 3.63) is 88.2 Å². The second-order valence-electron chi connectivity index (χ2n) is 8.65. The van der Waals surface area contributed by atoms with Gasteiger partial charge in [0, 0.05) is 24.1 Å². The molecule has 1 saturated heterocycles. The number of pyridine rings is 1. The first-order valence-electron chi connectivity index (χ1n) is 11.6. The van der Waals surface area contributed by atoms with Gasteiger partial charge in [-0.3, -0.25) is 19.5 Å². The summed E-state index contributed by atoms with van der Waals surface area (Å²) in [5.74, 6) is -2.48. The highest BCUT2D eigenvalue weighted by Gasteiger charge is 2.47. The second-order valence-corrected chi connectivity index (χ2v) is 9.05. The highest BCUT2D eigenvalue weighted by atomic mass is 35.5. The maximum absolute atomic E-state index is 13.5. The normalized spacial score (nSPS) is 16.6. The Bertz CT molecular complexity index is 1440. The maximum atomic E-state index is 13.5. The predicted molar refractivity (Wildman–Crippen MR) is 141 cm³/mol. The van der Waals surface area contributed by atoms with Crippen molar-refractivity contribution in [3.8, 4) is 11.5 Å². The van der Waals surface area contributed by atoms with Gasteiger partial charge in [-0.1, -0.05) is 23.7 Å². The molecule has 1 atom stereocenters. The molecule has 0 spiro atoms. The van der Waals surface area contributed by atoms with Crippen LogP contribution in [0.3, 0.4) is 0 Å². The lowest BCUT2D eigenvalue weighted by atomic mass is 9.95. The summed E-state index contributed by atoms with van der Waals surface area (Å²) in [6.45, 7) is 3.45. The van der Waals surface area contributed by atoms with Gasteiger partial charge in [0.05, 0.1) is 48.1 Å². The number of benzene rings is 2. The Morgan fingerprint density at radius 2 is 1.79 bits per heavy atom. The van der Waals surface area contributed by atoms with Crippen molar-refractivity contribution in [1.82, 2.24) is 4.98 Å². The zero-order chi connectivity index (χ0) is 27.6. The minimum Gasteiger partial charge on any atom is -0.507 e. The number of carbonyl (C=O) groups is 3. The number of esters is 1. The van der Waals surface area contributed by atoms with Gasteiger partial charge < -0.3 is 19.3 Å². The van der Waals surface area contributed by atoms with Gasteiger partial charge in [0.25, 0.3) is 11.7 Å². The Hall–Kier alpha value is -4.37. The van der Waals surface area contributed by atoms with Crippen LogP contribution < -0.4 is 14.4 Å². The molecule has 0 saturated carbocycles. The molecule has 0 radical (unpaired) electrons. The van der Waals surface area contributed by atoms with Gasteiger partial charge in [-0.05, 0) is 49.7 Å². The first kappa shape index (κ1) is 26.7. The number of nitrogens with zero attached hydrogens (tertiary/aromatic N) is 2. The van der Waals surface area contributed by atoms with Crippen molar-refractivity contribution in [2.24, 2.45) is 0 Å². The number of rotatable bonds is 7. The number of anilines is 1. The van der Waals surface area contributed by atoms with Crippen molar-refractivity contribution in [3.63, 3.8) is 0 Å². The van der Waals surface area contributed by atoms with Gasteiger partial charge >= 0.3 is 5.97 Å². The van der Waals surface area contributed by atoms with Crippen LogP contribution in [0.2, 0.25) is 5.02 Å². The average Bonchev–Trinajstić information content (AvgIpc) is 3.18. The molecule has 1 amide bonds. The summed E-state index contributed by atoms with van der Waals surface area (Å²) < 4.78 is 15.9. The third-order valence-electron chi connectivity index (χ3n) is 5.88. The number of aromatic nitrogens is 1. The number of ether oxygens (including phenoxy) is 3. The van der Waals surface area contributed by atoms with Crippen molar-refractivity contribution in [2.75, 3.05) is 19.1 Å². The first-order valence-corrected chi connectivity index (χ1v) is 12.0. The van der Waals surface area contributed by atoms with E-state index in [1.165, 1.54) is 43.5 Å². The van der Waals surface area contributed by atoms with Gasteiger partial charge in [0.1, 0.15) is 17.3 Å². The Morgan fingerprint density at radius 1 is 1.05 bits per heavy atom. The largest absolute Gasteiger partial charge is 0.507 e. The summed E-state index contributed by atoms with van der Waals surface area (Å²) in [5, 5.41) is 11.7. The summed E-state index contributed by atoms with van der Waals surface area (Å²) >= 11 is 6.22. The molecule has 0 aliphatic carbocycles. The van der Waals surface area contributed by atoms with Gasteiger partial charge in [-0.15, -0.1) is 0 Å². The van der Waals surface area contributed by atoms with E-state index in [1.54, 1.807) is 50.4 Å². The van der Waals surface area contributed by atoms with Crippen LogP contribution in [0.15, 0.2) is 66.5 Å². The van der Waals surface area contributed by atoms with Crippen LogP contribution in [0, 0.1) is 0 Å². The molecule has 1 aliphatic rings. The molecule has 2 heterocycles. The number of ketones is 1. The van der Waals surface area contributed by atoms with E-state index in [-0.39, 0.29) is 45.0 Å². The molecular weight excluding hydrogens is 512 g/mol. The fourth-order valence-corrected chi connectivity index (χ4v) is 4.44. The van der Waals surface area contributed by atoms with Crippen molar-refractivity contribution in [2.45, 2.75) is 26.0 Å². The lowest BCUT2D eigenvalue weighted by Gasteiger charge is -2.25. The zero-order valence-electron chi connectivity index (χ0n) is 21.1. The van der Waals surface area contributed by atoms with Crippen molar-refractivity contribution in [1.29, 1.82) is 0 Å². The molecule has 1 unspecified atom stereocenters. The van der Waals surface area contributed by atoms with Crippen LogP contribution >= 0.6 is 11.6 Å². The Labute approximate surface area is 224 Å². The molecule has 0 bridgehead atoms. The van der Waals surface area contributed by atoms with Gasteiger partial charge in [-0.25, -0.2) is 4.79 Å². The molecule has 1 aromatic heterocycles. The van der Waals surface area contributed by atoms with E-state index in [0.717, 1.165) is 0 Å². The maximum Gasteiger partial charge on any atom is 0.338 e. The number of halogens is 1. The number of methoxy groups -OCH3 is 2. The average molecular weight is 537 g/mol. The first-order chi connectivity index (χ1) is 18.2. The SMILES string of the molecule is COc1cc(/C(O)=C2\C(=O)C(=O)N(c3cccc(C(=O)OC(C)C)c3)C2c2cccnc2)c(OC)cc1Cl. The van der Waals surface area contributed by atoms with E-state index in [1.807, 2.05) is 0 Å². The van der Waals surface area contributed by atoms with E-state index in [0.29, 0.717) is 5.56 Å². The lowest BCUT2D eigenvalue weighted by Crippen LogP contribution is -2.29. The number of amides is 1. The van der Waals surface area contributed by atoms with Gasteiger partial charge in [-0.2, -0.15) is 0 Å². The molecule has 1 aliphatic heterocycles. The summed E-state index contributed by atoms with van der Waals surface area (Å²) in [5.41, 5.74) is 0.838. The van der Waals surface area contributed by atoms with Crippen LogP contribution in [0.4, 0.5) is 5.69 Å². The number of carbonyl (C=O) groups excluding carboxylic acids is 3. The predicted octanol–water partition coefficient (Wildman–Crippen LogP) is 4.94. The number of hydrogen-bond acceptors (Lipinski definition) is 8. The second kappa shape index (κ2) is 10.9. The van der Waals surface area contributed by atoms with Crippen molar-refractivity contribution < 1.29 is 33.7 Å². The van der Waals surface area contributed by atoms with Crippen LogP contribution in [-0.4, -0.2) is 48.1 Å². The fourth-order valence-electron chi connectivity index (χ4n) is 4.21. The number of hydrogen-bond donors (Lipinski definition) is 1. The zero-order valence-corrected chi connectivity index (χ0v) is 21.9. The Balaban J connectivity index is 1.93. The van der Waals surface area contributed by atoms with E-state index in [9.17, 15) is 19.5 Å². The number of Topliss-reactive ketones (excluding diaryl/α,β-unsaturated/α-hetero) is 1. The summed E-state index contributed by atoms with van der Waals surface area (Å²) in [6.07, 6.45) is 2.70.